The number of ether oxygens (including phenoxy) is 5. The fourth-order valence-electron chi connectivity index (χ4n) is 7.33. The molecule has 0 saturated carbocycles. The second-order valence-electron chi connectivity index (χ2n) is 19.7. The summed E-state index contributed by atoms with van der Waals surface area (Å²) in [6, 6.07) is -0.705. The first-order valence-electron chi connectivity index (χ1n) is 23.8. The van der Waals surface area contributed by atoms with E-state index in [4.69, 9.17) is 23.7 Å². The van der Waals surface area contributed by atoms with Crippen LogP contribution in [0.5, 0.6) is 0 Å². The van der Waals surface area contributed by atoms with Crippen molar-refractivity contribution in [1.82, 2.24) is 40.4 Å². The standard InChI is InChI=1S/C33H60N4O8.C15H30N4O2/c1-12-13-14-26(30(41)42-11)37-21-19-35(24-28(39)44-32(5,6)7)17-15-34(23-27(38)43-31(2,3)4)16-18-36(20-22-37)25-29(40)45-33(8,9)10;1-3-4-5-14(15(20)21-2)19-12-10-17-8-6-16-7-9-18-11-13-19/h12,26H,1,13-25H2,2-11H3;3,14,16-18H,1,4-13H2,2H3/t26-;14-/m00/s1. The molecule has 2 saturated heterocycles. The lowest BCUT2D eigenvalue weighted by atomic mass is 10.1. The lowest BCUT2D eigenvalue weighted by Gasteiger charge is -2.36. The molecule has 2 heterocycles. The van der Waals surface area contributed by atoms with E-state index in [0.29, 0.717) is 65.2 Å². The topological polar surface area (TPSA) is 184 Å². The quantitative estimate of drug-likeness (QED) is 0.116. The van der Waals surface area contributed by atoms with Gasteiger partial charge in [0.05, 0.1) is 33.9 Å². The summed E-state index contributed by atoms with van der Waals surface area (Å²) in [5, 5.41) is 10.2. The van der Waals surface area contributed by atoms with E-state index in [1.807, 2.05) is 83.1 Å². The van der Waals surface area contributed by atoms with Gasteiger partial charge in [0.2, 0.25) is 0 Å². The van der Waals surface area contributed by atoms with Gasteiger partial charge in [0.25, 0.3) is 0 Å². The molecule has 0 spiro atoms. The van der Waals surface area contributed by atoms with Gasteiger partial charge in [0.15, 0.2) is 0 Å². The molecule has 0 aromatic rings. The molecule has 2 aliphatic heterocycles. The third-order valence-corrected chi connectivity index (χ3v) is 10.4. The highest BCUT2D eigenvalue weighted by Crippen LogP contribution is 2.15. The summed E-state index contributed by atoms with van der Waals surface area (Å²) in [5.41, 5.74) is -1.88. The third-order valence-electron chi connectivity index (χ3n) is 10.4. The second kappa shape index (κ2) is 32.3. The molecular formula is C48H90N8O10. The molecule has 0 aromatic heterocycles. The Hall–Kier alpha value is -3.49. The van der Waals surface area contributed by atoms with Gasteiger partial charge < -0.3 is 39.6 Å². The third kappa shape index (κ3) is 29.3. The molecule has 0 bridgehead atoms. The summed E-state index contributed by atoms with van der Waals surface area (Å²) in [6.07, 6.45) is 6.36. The number of hydrogen-bond donors (Lipinski definition) is 3. The highest BCUT2D eigenvalue weighted by molar-refractivity contribution is 5.76. The van der Waals surface area contributed by atoms with Gasteiger partial charge in [-0.05, 0) is 88.0 Å². The maximum Gasteiger partial charge on any atom is 0.323 e. The van der Waals surface area contributed by atoms with Crippen LogP contribution in [-0.2, 0) is 47.7 Å². The molecule has 2 fully saturated rings. The maximum atomic E-state index is 12.9. The van der Waals surface area contributed by atoms with Gasteiger partial charge in [-0.15, -0.1) is 13.2 Å². The minimum Gasteiger partial charge on any atom is -0.468 e. The van der Waals surface area contributed by atoms with Crippen molar-refractivity contribution in [3.8, 4) is 0 Å². The van der Waals surface area contributed by atoms with Crippen molar-refractivity contribution in [2.45, 2.75) is 117 Å². The minimum atomic E-state index is -0.628. The summed E-state index contributed by atoms with van der Waals surface area (Å²) in [4.78, 5) is 73.8. The Morgan fingerprint density at radius 2 is 0.742 bits per heavy atom. The van der Waals surface area contributed by atoms with Crippen molar-refractivity contribution >= 4 is 29.8 Å². The SMILES string of the molecule is C=CCC[C@@H](C(=O)OC)N1CCN(CC(=O)OC(C)(C)C)CCN(CC(=O)OC(C)(C)C)CCN(CC(=O)OC(C)(C)C)CC1.C=CCC[C@@H](C(=O)OC)N1CCNCCNCCNCC1. The summed E-state index contributed by atoms with van der Waals surface area (Å²) in [7, 11) is 2.84. The lowest BCUT2D eigenvalue weighted by molar-refractivity contribution is -0.159. The minimum absolute atomic E-state index is 0.0612. The van der Waals surface area contributed by atoms with Crippen LogP contribution in [0.2, 0.25) is 0 Å². The van der Waals surface area contributed by atoms with Gasteiger partial charge >= 0.3 is 29.8 Å². The van der Waals surface area contributed by atoms with E-state index in [2.05, 4.69) is 38.9 Å². The van der Waals surface area contributed by atoms with E-state index in [9.17, 15) is 24.0 Å². The molecule has 18 nitrogen and oxygen atoms in total. The normalized spacial score (nSPS) is 19.0. The van der Waals surface area contributed by atoms with Crippen molar-refractivity contribution < 1.29 is 47.7 Å². The predicted octanol–water partition coefficient (Wildman–Crippen LogP) is 2.32. The average molecular weight is 939 g/mol. The highest BCUT2D eigenvalue weighted by atomic mass is 16.6. The first kappa shape index (κ1) is 60.5. The van der Waals surface area contributed by atoms with E-state index in [0.717, 1.165) is 65.2 Å². The second-order valence-corrected chi connectivity index (χ2v) is 19.7. The van der Waals surface area contributed by atoms with Gasteiger partial charge in [-0.1, -0.05) is 12.2 Å². The number of carbonyl (C=O) groups excluding carboxylic acids is 5. The van der Waals surface area contributed by atoms with Gasteiger partial charge in [-0.2, -0.15) is 0 Å². The van der Waals surface area contributed by atoms with E-state index in [1.54, 1.807) is 6.08 Å². The van der Waals surface area contributed by atoms with Crippen molar-refractivity contribution in [1.29, 1.82) is 0 Å². The molecule has 66 heavy (non-hydrogen) atoms. The Morgan fingerprint density at radius 3 is 1.02 bits per heavy atom. The van der Waals surface area contributed by atoms with Crippen LogP contribution in [0.1, 0.15) is 88.0 Å². The Morgan fingerprint density at radius 1 is 0.470 bits per heavy atom. The molecule has 18 heteroatoms. The molecule has 0 radical (unpaired) electrons. The molecule has 0 unspecified atom stereocenters. The molecule has 2 aliphatic rings. The van der Waals surface area contributed by atoms with Gasteiger partial charge in [0, 0.05) is 105 Å². The lowest BCUT2D eigenvalue weighted by Crippen LogP contribution is -2.52. The Labute approximate surface area is 397 Å². The molecule has 0 amide bonds. The van der Waals surface area contributed by atoms with Crippen molar-refractivity contribution in [3.63, 3.8) is 0 Å². The number of hydrogen-bond acceptors (Lipinski definition) is 18. The maximum absolute atomic E-state index is 12.9. The van der Waals surface area contributed by atoms with Crippen molar-refractivity contribution in [3.05, 3.63) is 25.3 Å². The average Bonchev–Trinajstić information content (AvgIpc) is 3.20. The number of carbonyl (C=O) groups is 5. The van der Waals surface area contributed by atoms with E-state index in [-0.39, 0.29) is 55.5 Å². The van der Waals surface area contributed by atoms with Gasteiger partial charge in [0.1, 0.15) is 28.9 Å². The summed E-state index contributed by atoms with van der Waals surface area (Å²) in [6.45, 7) is 35.2. The molecule has 382 valence electrons. The zero-order chi connectivity index (χ0) is 49.8. The fraction of sp³-hybridized carbons (Fsp3) is 0.812. The number of esters is 5. The fourth-order valence-corrected chi connectivity index (χ4v) is 7.33. The van der Waals surface area contributed by atoms with Crippen LogP contribution in [0.25, 0.3) is 0 Å². The van der Waals surface area contributed by atoms with Gasteiger partial charge in [-0.25, -0.2) is 0 Å². The molecule has 3 N–H and O–H groups in total. The van der Waals surface area contributed by atoms with Crippen LogP contribution >= 0.6 is 0 Å². The summed E-state index contributed by atoms with van der Waals surface area (Å²) >= 11 is 0. The Balaban J connectivity index is 0.000000861. The van der Waals surface area contributed by atoms with Crippen LogP contribution in [0.3, 0.4) is 0 Å². The van der Waals surface area contributed by atoms with Crippen LogP contribution in [0.15, 0.2) is 25.3 Å². The smallest absolute Gasteiger partial charge is 0.323 e. The van der Waals surface area contributed by atoms with Crippen LogP contribution in [0.4, 0.5) is 0 Å². The van der Waals surface area contributed by atoms with E-state index < -0.39 is 22.8 Å². The molecule has 2 rings (SSSR count). The summed E-state index contributed by atoms with van der Waals surface area (Å²) < 4.78 is 27.0. The first-order valence-corrected chi connectivity index (χ1v) is 23.8. The first-order chi connectivity index (χ1) is 31.0. The Kier molecular flexibility index (Phi) is 29.6. The number of nitrogens with zero attached hydrogens (tertiary/aromatic N) is 5. The summed E-state index contributed by atoms with van der Waals surface area (Å²) in [5.74, 6) is -1.53. The van der Waals surface area contributed by atoms with Gasteiger partial charge in [-0.3, -0.25) is 48.5 Å². The number of nitrogens with one attached hydrogen (secondary N) is 3. The van der Waals surface area contributed by atoms with Crippen LogP contribution < -0.4 is 16.0 Å². The molecule has 0 aromatic carbocycles. The highest BCUT2D eigenvalue weighted by Gasteiger charge is 2.30. The van der Waals surface area contributed by atoms with E-state index in [1.165, 1.54) is 14.2 Å². The number of allylic oxidation sites excluding steroid dienone is 2. The monoisotopic (exact) mass is 939 g/mol. The number of methoxy groups -OCH3 is 2. The molecule has 2 atom stereocenters. The largest absolute Gasteiger partial charge is 0.468 e. The predicted molar refractivity (Wildman–Crippen MR) is 259 cm³/mol. The zero-order valence-corrected chi connectivity index (χ0v) is 42.8. The zero-order valence-electron chi connectivity index (χ0n) is 42.8. The van der Waals surface area contributed by atoms with Crippen LogP contribution in [-0.4, -0.2) is 222 Å². The van der Waals surface area contributed by atoms with Crippen molar-refractivity contribution in [2.75, 3.05) is 139 Å². The number of rotatable bonds is 16. The van der Waals surface area contributed by atoms with Crippen LogP contribution in [0, 0.1) is 0 Å². The molecule has 0 aliphatic carbocycles. The van der Waals surface area contributed by atoms with E-state index >= 15 is 0 Å². The molecular weight excluding hydrogens is 849 g/mol. The van der Waals surface area contributed by atoms with Crippen molar-refractivity contribution in [2.24, 2.45) is 0 Å². The Bertz CT molecular complexity index is 1390.